The highest BCUT2D eigenvalue weighted by molar-refractivity contribution is 8.02. The minimum Gasteiger partial charge on any atom is -0.396 e. The Morgan fingerprint density at radius 1 is 1.08 bits per heavy atom. The van der Waals surface area contributed by atoms with Gasteiger partial charge in [-0.15, -0.1) is 11.8 Å². The molecule has 3 saturated heterocycles. The van der Waals surface area contributed by atoms with E-state index in [0.717, 1.165) is 44.1 Å². The Balaban J connectivity index is 1.59. The second kappa shape index (κ2) is 10.4. The van der Waals surface area contributed by atoms with Gasteiger partial charge < -0.3 is 20.6 Å². The monoisotopic (exact) mass is 515 g/mol. The number of amides is 3. The largest absolute Gasteiger partial charge is 0.396 e. The fourth-order valence-corrected chi connectivity index (χ4v) is 8.80. The van der Waals surface area contributed by atoms with Gasteiger partial charge in [0.1, 0.15) is 6.04 Å². The topological polar surface area (TPSA) is 98.7 Å². The fourth-order valence-electron chi connectivity index (χ4n) is 6.45. The maximum atomic E-state index is 14.0. The van der Waals surface area contributed by atoms with Crippen LogP contribution >= 0.6 is 11.8 Å². The second-order valence-corrected chi connectivity index (χ2v) is 13.7. The van der Waals surface area contributed by atoms with E-state index in [1.165, 1.54) is 0 Å². The first-order chi connectivity index (χ1) is 17.0. The Labute approximate surface area is 219 Å². The number of nitrogens with zero attached hydrogens (tertiary/aromatic N) is 1. The summed E-state index contributed by atoms with van der Waals surface area (Å²) in [7, 11) is 0. The molecule has 36 heavy (non-hydrogen) atoms. The summed E-state index contributed by atoms with van der Waals surface area (Å²) in [5.74, 6) is -1.21. The van der Waals surface area contributed by atoms with E-state index in [2.05, 4.69) is 17.6 Å². The molecule has 0 aromatic heterocycles. The Morgan fingerprint density at radius 3 is 2.44 bits per heavy atom. The molecular formula is C28H41N3O4S. The van der Waals surface area contributed by atoms with E-state index in [9.17, 15) is 14.4 Å². The number of nitrogens with one attached hydrogen (secondary N) is 2. The van der Waals surface area contributed by atoms with Crippen molar-refractivity contribution in [1.82, 2.24) is 15.5 Å². The first-order valence-electron chi connectivity index (χ1n) is 13.3. The molecule has 3 N–H and O–H groups in total. The number of carbonyl (C=O) groups excluding carboxylic acids is 3. The lowest BCUT2D eigenvalue weighted by molar-refractivity contribution is -0.141. The van der Waals surface area contributed by atoms with Crippen molar-refractivity contribution in [3.63, 3.8) is 0 Å². The number of fused-ring (bicyclic) bond motifs is 1. The SMILES string of the molecule is CC(C)(C)NC(=O)C1N(CCCCCCO)C(=O)[C@@H]2[C@@H](C(=O)NCc3ccccc3)[C@@]3(C)CCC12S3. The van der Waals surface area contributed by atoms with Crippen molar-refractivity contribution < 1.29 is 19.5 Å². The molecule has 3 amide bonds. The minimum absolute atomic E-state index is 0.0537. The summed E-state index contributed by atoms with van der Waals surface area (Å²) in [6, 6.07) is 9.22. The molecule has 2 unspecified atom stereocenters. The molecule has 0 saturated carbocycles. The number of hydrogen-bond acceptors (Lipinski definition) is 5. The van der Waals surface area contributed by atoms with E-state index in [-0.39, 0.29) is 29.1 Å². The Bertz CT molecular complexity index is 981. The van der Waals surface area contributed by atoms with Gasteiger partial charge in [-0.2, -0.15) is 0 Å². The fraction of sp³-hybridized carbons (Fsp3) is 0.679. The number of rotatable bonds is 10. The van der Waals surface area contributed by atoms with Crippen LogP contribution in [0.25, 0.3) is 0 Å². The van der Waals surface area contributed by atoms with Gasteiger partial charge in [-0.05, 0) is 58.9 Å². The molecule has 5 atom stereocenters. The van der Waals surface area contributed by atoms with E-state index in [1.807, 2.05) is 51.1 Å². The summed E-state index contributed by atoms with van der Waals surface area (Å²) in [5, 5.41) is 15.3. The Kier molecular flexibility index (Phi) is 7.77. The lowest BCUT2D eigenvalue weighted by Gasteiger charge is -2.36. The predicted molar refractivity (Wildman–Crippen MR) is 142 cm³/mol. The van der Waals surface area contributed by atoms with E-state index in [4.69, 9.17) is 5.11 Å². The Morgan fingerprint density at radius 2 is 1.78 bits per heavy atom. The molecule has 4 rings (SSSR count). The van der Waals surface area contributed by atoms with E-state index in [1.54, 1.807) is 16.7 Å². The molecular weight excluding hydrogens is 474 g/mol. The molecule has 2 bridgehead atoms. The number of carbonyl (C=O) groups is 3. The lowest BCUT2D eigenvalue weighted by Crippen LogP contribution is -2.57. The molecule has 8 heteroatoms. The zero-order valence-corrected chi connectivity index (χ0v) is 22.8. The number of thioether (sulfide) groups is 1. The van der Waals surface area contributed by atoms with Gasteiger partial charge >= 0.3 is 0 Å². The molecule has 1 aromatic rings. The number of hydrogen-bond donors (Lipinski definition) is 3. The van der Waals surface area contributed by atoms with Gasteiger partial charge in [-0.3, -0.25) is 14.4 Å². The Hall–Kier alpha value is -2.06. The molecule has 7 nitrogen and oxygen atoms in total. The summed E-state index contributed by atoms with van der Waals surface area (Å²) in [6.07, 6.45) is 4.88. The maximum Gasteiger partial charge on any atom is 0.244 e. The van der Waals surface area contributed by atoms with Crippen molar-refractivity contribution in [3.05, 3.63) is 35.9 Å². The van der Waals surface area contributed by atoms with E-state index < -0.39 is 28.2 Å². The van der Waals surface area contributed by atoms with E-state index in [0.29, 0.717) is 13.1 Å². The van der Waals surface area contributed by atoms with Crippen molar-refractivity contribution in [2.75, 3.05) is 13.2 Å². The zero-order valence-electron chi connectivity index (χ0n) is 22.0. The van der Waals surface area contributed by atoms with Gasteiger partial charge in [-0.25, -0.2) is 0 Å². The van der Waals surface area contributed by atoms with Crippen LogP contribution in [0.15, 0.2) is 30.3 Å². The number of likely N-dealkylation sites (tertiary alicyclic amines) is 1. The molecule has 198 valence electrons. The summed E-state index contributed by atoms with van der Waals surface area (Å²) in [5.41, 5.74) is 0.602. The van der Waals surface area contributed by atoms with Crippen molar-refractivity contribution >= 4 is 29.5 Å². The number of unbranched alkanes of at least 4 members (excludes halogenated alkanes) is 3. The normalized spacial score (nSPS) is 31.0. The van der Waals surface area contributed by atoms with Gasteiger partial charge in [0, 0.05) is 30.0 Å². The molecule has 0 aliphatic carbocycles. The van der Waals surface area contributed by atoms with Gasteiger partial charge in [-0.1, -0.05) is 43.2 Å². The maximum absolute atomic E-state index is 14.0. The third-order valence-corrected chi connectivity index (χ3v) is 9.91. The highest BCUT2D eigenvalue weighted by atomic mass is 32.2. The van der Waals surface area contributed by atoms with Crippen molar-refractivity contribution in [3.8, 4) is 0 Å². The molecule has 0 radical (unpaired) electrons. The summed E-state index contributed by atoms with van der Waals surface area (Å²) < 4.78 is -0.949. The van der Waals surface area contributed by atoms with Crippen LogP contribution in [0.2, 0.25) is 0 Å². The van der Waals surface area contributed by atoms with Crippen LogP contribution in [0.1, 0.15) is 71.8 Å². The first-order valence-corrected chi connectivity index (χ1v) is 14.1. The number of aliphatic hydroxyl groups excluding tert-OH is 1. The smallest absolute Gasteiger partial charge is 0.244 e. The predicted octanol–water partition coefficient (Wildman–Crippen LogP) is 3.25. The average molecular weight is 516 g/mol. The summed E-state index contributed by atoms with van der Waals surface area (Å²) in [6.45, 7) is 9.05. The van der Waals surface area contributed by atoms with Gasteiger partial charge in [0.25, 0.3) is 0 Å². The molecule has 3 heterocycles. The third kappa shape index (κ3) is 5.03. The van der Waals surface area contributed by atoms with Crippen LogP contribution < -0.4 is 10.6 Å². The van der Waals surface area contributed by atoms with Gasteiger partial charge in [0.15, 0.2) is 0 Å². The number of benzene rings is 1. The average Bonchev–Trinajstić information content (AvgIpc) is 3.38. The van der Waals surface area contributed by atoms with Crippen LogP contribution in [0, 0.1) is 11.8 Å². The van der Waals surface area contributed by atoms with Gasteiger partial charge in [0.2, 0.25) is 17.7 Å². The highest BCUT2D eigenvalue weighted by Crippen LogP contribution is 2.71. The minimum atomic E-state index is -0.582. The molecule has 3 aliphatic heterocycles. The first kappa shape index (κ1) is 27.0. The van der Waals surface area contributed by atoms with Crippen molar-refractivity contribution in [2.24, 2.45) is 11.8 Å². The lowest BCUT2D eigenvalue weighted by atomic mass is 9.66. The summed E-state index contributed by atoms with van der Waals surface area (Å²) >= 11 is 1.71. The highest BCUT2D eigenvalue weighted by Gasteiger charge is 2.77. The van der Waals surface area contributed by atoms with Crippen LogP contribution in [0.3, 0.4) is 0 Å². The van der Waals surface area contributed by atoms with Crippen molar-refractivity contribution in [2.45, 2.75) is 93.8 Å². The standard InChI is InChI=1S/C28H41N3O4S/c1-26(2,3)30-24(34)22-28-15-14-27(4,36-28)20(23(33)29-18-19-12-8-7-9-13-19)21(28)25(35)31(22)16-10-5-6-11-17-32/h7-9,12-13,20-22,32H,5-6,10-11,14-18H2,1-4H3,(H,29,33)(H,30,34)/t20-,21-,22?,27+,28?/m0/s1. The molecule has 3 fully saturated rings. The van der Waals surface area contributed by atoms with Crippen LogP contribution in [-0.2, 0) is 20.9 Å². The number of aliphatic hydroxyl groups is 1. The third-order valence-electron chi connectivity index (χ3n) is 7.92. The van der Waals surface area contributed by atoms with Crippen LogP contribution in [-0.4, -0.2) is 62.0 Å². The quantitative estimate of drug-likeness (QED) is 0.416. The molecule has 1 aromatic carbocycles. The van der Waals surface area contributed by atoms with E-state index >= 15 is 0 Å². The zero-order chi connectivity index (χ0) is 26.1. The van der Waals surface area contributed by atoms with Crippen LogP contribution in [0.4, 0.5) is 0 Å². The summed E-state index contributed by atoms with van der Waals surface area (Å²) in [4.78, 5) is 43.1. The molecule has 3 aliphatic rings. The van der Waals surface area contributed by atoms with Crippen LogP contribution in [0.5, 0.6) is 0 Å². The van der Waals surface area contributed by atoms with Gasteiger partial charge in [0.05, 0.1) is 16.6 Å². The van der Waals surface area contributed by atoms with Crippen molar-refractivity contribution in [1.29, 1.82) is 0 Å². The molecule has 1 spiro atoms. The second-order valence-electron chi connectivity index (χ2n) is 11.8.